The lowest BCUT2D eigenvalue weighted by Gasteiger charge is -2.22. The van der Waals surface area contributed by atoms with Crippen LogP contribution in [0, 0.1) is 0 Å². The van der Waals surface area contributed by atoms with Crippen molar-refractivity contribution in [1.82, 2.24) is 9.55 Å². The van der Waals surface area contributed by atoms with E-state index in [0.717, 1.165) is 10.4 Å². The molecule has 0 aromatic carbocycles. The fraction of sp³-hybridized carbons (Fsp3) is 0.158. The Morgan fingerprint density at radius 3 is 2.85 bits per heavy atom. The Labute approximate surface area is 162 Å². The van der Waals surface area contributed by atoms with Crippen molar-refractivity contribution in [3.63, 3.8) is 0 Å². The molecule has 4 heterocycles. The highest BCUT2D eigenvalue weighted by Crippen LogP contribution is 2.32. The number of carbonyl (C=O) groups excluding carboxylic acids is 1. The zero-order valence-electron chi connectivity index (χ0n) is 14.6. The van der Waals surface area contributed by atoms with Crippen molar-refractivity contribution in [3.05, 3.63) is 83.4 Å². The van der Waals surface area contributed by atoms with Gasteiger partial charge in [-0.25, -0.2) is 9.79 Å². The summed E-state index contributed by atoms with van der Waals surface area (Å²) in [4.78, 5) is 35.7. The normalized spacial score (nSPS) is 16.8. The van der Waals surface area contributed by atoms with Crippen molar-refractivity contribution in [2.75, 3.05) is 7.11 Å². The summed E-state index contributed by atoms with van der Waals surface area (Å²) in [5.74, 6) is -0.476. The van der Waals surface area contributed by atoms with Crippen LogP contribution >= 0.6 is 22.7 Å². The summed E-state index contributed by atoms with van der Waals surface area (Å²) in [6, 6.07) is 6.97. The topological polar surface area (TPSA) is 73.6 Å². The molecule has 6 nitrogen and oxygen atoms in total. The van der Waals surface area contributed by atoms with Crippen molar-refractivity contribution in [2.24, 2.45) is 4.99 Å². The van der Waals surface area contributed by atoms with Crippen molar-refractivity contribution in [2.45, 2.75) is 13.0 Å². The summed E-state index contributed by atoms with van der Waals surface area (Å²) in [6.45, 7) is 1.77. The summed E-state index contributed by atoms with van der Waals surface area (Å²) in [6.07, 6.45) is 5.17. The second-order valence-corrected chi connectivity index (χ2v) is 7.86. The number of esters is 1. The Hall–Kier alpha value is -2.84. The van der Waals surface area contributed by atoms with Gasteiger partial charge < -0.3 is 4.74 Å². The summed E-state index contributed by atoms with van der Waals surface area (Å²) in [5.41, 5.74) is 1.60. The van der Waals surface area contributed by atoms with Crippen LogP contribution in [0.1, 0.15) is 23.4 Å². The Kier molecular flexibility index (Phi) is 4.59. The number of thiazole rings is 1. The number of aromatic nitrogens is 2. The molecule has 0 saturated heterocycles. The number of nitrogens with zero attached hydrogens (tertiary/aromatic N) is 3. The SMILES string of the molecule is COC(=O)C1=C(C)N=c2s/c(=C\c3cccnc3)c(=O)n2[C@@H]1c1cccs1. The molecule has 27 heavy (non-hydrogen) atoms. The molecule has 0 unspecified atom stereocenters. The predicted octanol–water partition coefficient (Wildman–Crippen LogP) is 1.86. The standard InChI is InChI=1S/C19H15N3O3S2/c1-11-15(18(24)25-2)16(13-6-4-8-26-13)22-17(23)14(27-19(22)21-11)9-12-5-3-7-20-10-12/h3-10,16H,1-2H3/b14-9-/t16-/m1/s1. The molecule has 0 aliphatic carbocycles. The van der Waals surface area contributed by atoms with E-state index in [4.69, 9.17) is 4.74 Å². The van der Waals surface area contributed by atoms with E-state index in [1.54, 1.807) is 30.0 Å². The summed E-state index contributed by atoms with van der Waals surface area (Å²) in [5, 5.41) is 1.92. The van der Waals surface area contributed by atoms with Gasteiger partial charge in [0.05, 0.1) is 22.9 Å². The number of carbonyl (C=O) groups is 1. The maximum atomic E-state index is 13.2. The molecule has 136 valence electrons. The lowest BCUT2D eigenvalue weighted by Crippen LogP contribution is -2.39. The average Bonchev–Trinajstić information content (AvgIpc) is 3.30. The Bertz CT molecular complexity index is 1210. The molecule has 1 aliphatic heterocycles. The van der Waals surface area contributed by atoms with Crippen LogP contribution in [0.4, 0.5) is 0 Å². The smallest absolute Gasteiger partial charge is 0.338 e. The van der Waals surface area contributed by atoms with Crippen LogP contribution in [-0.4, -0.2) is 22.6 Å². The zero-order valence-corrected chi connectivity index (χ0v) is 16.2. The largest absolute Gasteiger partial charge is 0.466 e. The molecule has 1 atom stereocenters. The molecule has 0 spiro atoms. The number of thiophene rings is 1. The lowest BCUT2D eigenvalue weighted by atomic mass is 10.0. The minimum Gasteiger partial charge on any atom is -0.466 e. The van der Waals surface area contributed by atoms with E-state index in [-0.39, 0.29) is 5.56 Å². The number of allylic oxidation sites excluding steroid dienone is 1. The Morgan fingerprint density at radius 2 is 2.19 bits per heavy atom. The first kappa shape index (κ1) is 17.6. The van der Waals surface area contributed by atoms with Crippen molar-refractivity contribution in [3.8, 4) is 0 Å². The second-order valence-electron chi connectivity index (χ2n) is 5.88. The highest BCUT2D eigenvalue weighted by atomic mass is 32.1. The highest BCUT2D eigenvalue weighted by Gasteiger charge is 2.33. The number of methoxy groups -OCH3 is 1. The van der Waals surface area contributed by atoms with Gasteiger partial charge in [-0.1, -0.05) is 23.5 Å². The van der Waals surface area contributed by atoms with Crippen molar-refractivity contribution >= 4 is 34.7 Å². The minimum atomic E-state index is -0.537. The summed E-state index contributed by atoms with van der Waals surface area (Å²) in [7, 11) is 1.33. The Balaban J connectivity index is 1.98. The van der Waals surface area contributed by atoms with Crippen molar-refractivity contribution < 1.29 is 9.53 Å². The zero-order chi connectivity index (χ0) is 19.0. The first-order valence-corrected chi connectivity index (χ1v) is 9.84. The molecule has 3 aromatic heterocycles. The monoisotopic (exact) mass is 397 g/mol. The van der Waals surface area contributed by atoms with Gasteiger partial charge in [-0.05, 0) is 36.1 Å². The van der Waals surface area contributed by atoms with Gasteiger partial charge in [0.15, 0.2) is 4.80 Å². The molecule has 0 bridgehead atoms. The third-order valence-corrected chi connectivity index (χ3v) is 6.13. The summed E-state index contributed by atoms with van der Waals surface area (Å²) < 4.78 is 7.09. The van der Waals surface area contributed by atoms with E-state index in [9.17, 15) is 9.59 Å². The third kappa shape index (κ3) is 3.07. The van der Waals surface area contributed by atoms with Crippen LogP contribution in [-0.2, 0) is 9.53 Å². The first-order valence-electron chi connectivity index (χ1n) is 8.14. The van der Waals surface area contributed by atoms with E-state index < -0.39 is 12.0 Å². The number of rotatable bonds is 3. The molecule has 4 rings (SSSR count). The fourth-order valence-corrected chi connectivity index (χ4v) is 4.89. The van der Waals surface area contributed by atoms with Gasteiger partial charge in [-0.3, -0.25) is 14.3 Å². The molecular weight excluding hydrogens is 382 g/mol. The maximum Gasteiger partial charge on any atom is 0.338 e. The number of hydrogen-bond donors (Lipinski definition) is 0. The van der Waals surface area contributed by atoms with Gasteiger partial charge in [-0.2, -0.15) is 0 Å². The minimum absolute atomic E-state index is 0.185. The van der Waals surface area contributed by atoms with Crippen LogP contribution in [0.25, 0.3) is 6.08 Å². The van der Waals surface area contributed by atoms with Gasteiger partial charge in [0.2, 0.25) is 0 Å². The number of fused-ring (bicyclic) bond motifs is 1. The molecule has 0 saturated carbocycles. The number of ether oxygens (including phenoxy) is 1. The van der Waals surface area contributed by atoms with E-state index in [1.165, 1.54) is 29.8 Å². The van der Waals surface area contributed by atoms with E-state index in [2.05, 4.69) is 9.98 Å². The van der Waals surface area contributed by atoms with Crippen LogP contribution in [0.2, 0.25) is 0 Å². The fourth-order valence-electron chi connectivity index (χ4n) is 3.02. The number of hydrogen-bond acceptors (Lipinski definition) is 7. The van der Waals surface area contributed by atoms with Gasteiger partial charge >= 0.3 is 5.97 Å². The van der Waals surface area contributed by atoms with Gasteiger partial charge in [0.25, 0.3) is 5.56 Å². The molecule has 8 heteroatoms. The highest BCUT2D eigenvalue weighted by molar-refractivity contribution is 7.10. The molecule has 0 amide bonds. The molecule has 0 fully saturated rings. The lowest BCUT2D eigenvalue weighted by molar-refractivity contribution is -0.136. The van der Waals surface area contributed by atoms with Crippen LogP contribution in [0.15, 0.2) is 63.1 Å². The van der Waals surface area contributed by atoms with E-state index >= 15 is 0 Å². The second kappa shape index (κ2) is 7.05. The molecule has 1 aliphatic rings. The van der Waals surface area contributed by atoms with Crippen LogP contribution in [0.5, 0.6) is 0 Å². The first-order chi connectivity index (χ1) is 13.1. The van der Waals surface area contributed by atoms with Gasteiger partial charge in [0, 0.05) is 17.3 Å². The molecule has 3 aromatic rings. The molecule has 0 radical (unpaired) electrons. The molecule has 0 N–H and O–H groups in total. The van der Waals surface area contributed by atoms with E-state index in [1.807, 2.05) is 29.6 Å². The van der Waals surface area contributed by atoms with Crippen LogP contribution < -0.4 is 14.9 Å². The Morgan fingerprint density at radius 1 is 1.33 bits per heavy atom. The molecular formula is C19H15N3O3S2. The van der Waals surface area contributed by atoms with Crippen molar-refractivity contribution in [1.29, 1.82) is 0 Å². The third-order valence-electron chi connectivity index (χ3n) is 4.22. The van der Waals surface area contributed by atoms with Crippen LogP contribution in [0.3, 0.4) is 0 Å². The van der Waals surface area contributed by atoms with Gasteiger partial charge in [0.1, 0.15) is 6.04 Å². The maximum absolute atomic E-state index is 13.2. The summed E-state index contributed by atoms with van der Waals surface area (Å²) >= 11 is 2.79. The average molecular weight is 397 g/mol. The predicted molar refractivity (Wildman–Crippen MR) is 104 cm³/mol. The van der Waals surface area contributed by atoms with E-state index in [0.29, 0.717) is 20.6 Å². The quantitative estimate of drug-likeness (QED) is 0.633. The van der Waals surface area contributed by atoms with Gasteiger partial charge in [-0.15, -0.1) is 11.3 Å². The number of pyridine rings is 1.